The summed E-state index contributed by atoms with van der Waals surface area (Å²) in [6.45, 7) is 2.04. The van der Waals surface area contributed by atoms with Crippen LogP contribution in [0.25, 0.3) is 17.2 Å². The van der Waals surface area contributed by atoms with E-state index in [4.69, 9.17) is 10.5 Å². The molecule has 0 aliphatic carbocycles. The normalized spacial score (nSPS) is 9.21. The van der Waals surface area contributed by atoms with Crippen molar-refractivity contribution in [2.75, 3.05) is 0 Å². The summed E-state index contributed by atoms with van der Waals surface area (Å²) in [4.78, 5) is 0. The third-order valence-corrected chi connectivity index (χ3v) is 2.86. The van der Waals surface area contributed by atoms with Crippen molar-refractivity contribution in [3.05, 3.63) is 65.2 Å². The Hall–Kier alpha value is -2.84. The van der Waals surface area contributed by atoms with E-state index in [-0.39, 0.29) is 5.57 Å². The standard InChI is InChI=1S/C17H12N2/c1-13-6-8-15(9-7-13)17-5-3-2-4-16(17)10-14(11-18)12-19/h2-10H,1H3. The molecule has 0 heterocycles. The molecule has 0 saturated carbocycles. The molecule has 2 rings (SSSR count). The molecule has 0 spiro atoms. The van der Waals surface area contributed by atoms with Crippen LogP contribution in [0.5, 0.6) is 0 Å². The Kier molecular flexibility index (Phi) is 3.76. The Labute approximate surface area is 112 Å². The molecule has 0 radical (unpaired) electrons. The van der Waals surface area contributed by atoms with Crippen LogP contribution in [0.4, 0.5) is 0 Å². The fourth-order valence-electron chi connectivity index (χ4n) is 1.86. The van der Waals surface area contributed by atoms with Gasteiger partial charge in [-0.1, -0.05) is 54.1 Å². The minimum atomic E-state index is 0.111. The van der Waals surface area contributed by atoms with Gasteiger partial charge in [0.2, 0.25) is 0 Å². The zero-order valence-corrected chi connectivity index (χ0v) is 10.6. The number of hydrogen-bond donors (Lipinski definition) is 0. The number of nitrogens with zero attached hydrogens (tertiary/aromatic N) is 2. The zero-order chi connectivity index (χ0) is 13.7. The van der Waals surface area contributed by atoms with Gasteiger partial charge in [-0.3, -0.25) is 0 Å². The second kappa shape index (κ2) is 5.67. The van der Waals surface area contributed by atoms with E-state index in [2.05, 4.69) is 0 Å². The molecule has 0 bridgehead atoms. The lowest BCUT2D eigenvalue weighted by Gasteiger charge is -2.06. The van der Waals surface area contributed by atoms with Crippen LogP contribution in [-0.2, 0) is 0 Å². The van der Waals surface area contributed by atoms with Crippen LogP contribution in [0.1, 0.15) is 11.1 Å². The molecule has 0 saturated heterocycles. The fraction of sp³-hybridized carbons (Fsp3) is 0.0588. The number of benzene rings is 2. The van der Waals surface area contributed by atoms with Crippen LogP contribution in [0.2, 0.25) is 0 Å². The quantitative estimate of drug-likeness (QED) is 0.747. The summed E-state index contributed by atoms with van der Waals surface area (Å²) >= 11 is 0. The van der Waals surface area contributed by atoms with Gasteiger partial charge in [-0.05, 0) is 29.7 Å². The maximum Gasteiger partial charge on any atom is 0.130 e. The molecule has 0 fully saturated rings. The smallest absolute Gasteiger partial charge is 0.130 e. The minimum Gasteiger partial charge on any atom is -0.192 e. The molecule has 19 heavy (non-hydrogen) atoms. The first-order chi connectivity index (χ1) is 9.24. The van der Waals surface area contributed by atoms with Crippen molar-refractivity contribution in [3.8, 4) is 23.3 Å². The van der Waals surface area contributed by atoms with E-state index < -0.39 is 0 Å². The lowest BCUT2D eigenvalue weighted by atomic mass is 9.97. The number of aryl methyl sites for hydroxylation is 1. The highest BCUT2D eigenvalue weighted by molar-refractivity contribution is 5.78. The van der Waals surface area contributed by atoms with Crippen molar-refractivity contribution in [2.24, 2.45) is 0 Å². The summed E-state index contributed by atoms with van der Waals surface area (Å²) in [7, 11) is 0. The topological polar surface area (TPSA) is 47.6 Å². The van der Waals surface area contributed by atoms with E-state index in [0.717, 1.165) is 16.7 Å². The Morgan fingerprint density at radius 2 is 1.58 bits per heavy atom. The first kappa shape index (κ1) is 12.6. The van der Waals surface area contributed by atoms with Crippen molar-refractivity contribution in [1.82, 2.24) is 0 Å². The fourth-order valence-corrected chi connectivity index (χ4v) is 1.86. The predicted octanol–water partition coefficient (Wildman–Crippen LogP) is 4.09. The molecular formula is C17H12N2. The second-order valence-electron chi connectivity index (χ2n) is 4.23. The molecule has 2 aromatic carbocycles. The van der Waals surface area contributed by atoms with Gasteiger partial charge in [-0.25, -0.2) is 0 Å². The Bertz CT molecular complexity index is 679. The number of allylic oxidation sites excluding steroid dienone is 1. The van der Waals surface area contributed by atoms with Gasteiger partial charge < -0.3 is 0 Å². The summed E-state index contributed by atoms with van der Waals surface area (Å²) in [5.41, 5.74) is 4.29. The van der Waals surface area contributed by atoms with Crippen LogP contribution in [0.15, 0.2) is 54.1 Å². The van der Waals surface area contributed by atoms with Crippen LogP contribution >= 0.6 is 0 Å². The molecule has 0 aliphatic heterocycles. The average molecular weight is 244 g/mol. The van der Waals surface area contributed by atoms with Gasteiger partial charge in [0, 0.05) is 0 Å². The molecule has 0 aromatic heterocycles. The van der Waals surface area contributed by atoms with E-state index in [1.54, 1.807) is 6.08 Å². The van der Waals surface area contributed by atoms with Crippen LogP contribution in [0, 0.1) is 29.6 Å². The highest BCUT2D eigenvalue weighted by Gasteiger charge is 2.03. The molecule has 0 atom stereocenters. The Balaban J connectivity index is 2.54. The highest BCUT2D eigenvalue weighted by Crippen LogP contribution is 2.25. The highest BCUT2D eigenvalue weighted by atomic mass is 14.3. The van der Waals surface area contributed by atoms with E-state index in [1.807, 2.05) is 67.6 Å². The van der Waals surface area contributed by atoms with Gasteiger partial charge >= 0.3 is 0 Å². The van der Waals surface area contributed by atoms with Crippen LogP contribution < -0.4 is 0 Å². The lowest BCUT2D eigenvalue weighted by molar-refractivity contribution is 1.46. The monoisotopic (exact) mass is 244 g/mol. The third kappa shape index (κ3) is 2.89. The molecular weight excluding hydrogens is 232 g/mol. The molecule has 0 amide bonds. The molecule has 2 nitrogen and oxygen atoms in total. The van der Waals surface area contributed by atoms with Gasteiger partial charge in [0.05, 0.1) is 0 Å². The molecule has 0 aliphatic rings. The minimum absolute atomic E-state index is 0.111. The first-order valence-corrected chi connectivity index (χ1v) is 5.92. The molecule has 2 heteroatoms. The summed E-state index contributed by atoms with van der Waals surface area (Å²) in [6.07, 6.45) is 1.62. The largest absolute Gasteiger partial charge is 0.192 e. The number of rotatable bonds is 2. The van der Waals surface area contributed by atoms with Gasteiger partial charge in [0.15, 0.2) is 0 Å². The second-order valence-corrected chi connectivity index (χ2v) is 4.23. The summed E-state index contributed by atoms with van der Waals surface area (Å²) < 4.78 is 0. The third-order valence-electron chi connectivity index (χ3n) is 2.86. The number of hydrogen-bond acceptors (Lipinski definition) is 2. The maximum absolute atomic E-state index is 8.84. The summed E-state index contributed by atoms with van der Waals surface area (Å²) in [6, 6.07) is 19.7. The summed E-state index contributed by atoms with van der Waals surface area (Å²) in [5, 5.41) is 17.7. The van der Waals surface area contributed by atoms with Crippen LogP contribution in [-0.4, -0.2) is 0 Å². The average Bonchev–Trinajstić information content (AvgIpc) is 2.46. The molecule has 0 N–H and O–H groups in total. The van der Waals surface area contributed by atoms with E-state index in [9.17, 15) is 0 Å². The first-order valence-electron chi connectivity index (χ1n) is 5.92. The zero-order valence-electron chi connectivity index (χ0n) is 10.6. The van der Waals surface area contributed by atoms with Gasteiger partial charge in [-0.15, -0.1) is 0 Å². The van der Waals surface area contributed by atoms with Crippen molar-refractivity contribution in [3.63, 3.8) is 0 Å². The van der Waals surface area contributed by atoms with E-state index in [1.165, 1.54) is 5.56 Å². The maximum atomic E-state index is 8.84. The van der Waals surface area contributed by atoms with Gasteiger partial charge in [-0.2, -0.15) is 10.5 Å². The Morgan fingerprint density at radius 1 is 0.947 bits per heavy atom. The van der Waals surface area contributed by atoms with Crippen LogP contribution in [0.3, 0.4) is 0 Å². The molecule has 0 unspecified atom stereocenters. The summed E-state index contributed by atoms with van der Waals surface area (Å²) in [5.74, 6) is 0. The SMILES string of the molecule is Cc1ccc(-c2ccccc2C=C(C#N)C#N)cc1. The van der Waals surface area contributed by atoms with E-state index in [0.29, 0.717) is 0 Å². The van der Waals surface area contributed by atoms with Crippen molar-refractivity contribution in [2.45, 2.75) is 6.92 Å². The predicted molar refractivity (Wildman–Crippen MR) is 75.8 cm³/mol. The Morgan fingerprint density at radius 3 is 2.21 bits per heavy atom. The van der Waals surface area contributed by atoms with Crippen molar-refractivity contribution in [1.29, 1.82) is 10.5 Å². The van der Waals surface area contributed by atoms with Crippen molar-refractivity contribution >= 4 is 6.08 Å². The lowest BCUT2D eigenvalue weighted by Crippen LogP contribution is -1.84. The van der Waals surface area contributed by atoms with E-state index >= 15 is 0 Å². The van der Waals surface area contributed by atoms with Crippen molar-refractivity contribution < 1.29 is 0 Å². The number of nitriles is 2. The van der Waals surface area contributed by atoms with Gasteiger partial charge in [0.1, 0.15) is 17.7 Å². The van der Waals surface area contributed by atoms with Gasteiger partial charge in [0.25, 0.3) is 0 Å². The molecule has 90 valence electrons. The molecule has 2 aromatic rings.